The van der Waals surface area contributed by atoms with Gasteiger partial charge in [0, 0.05) is 0 Å². The Labute approximate surface area is 103 Å². The predicted octanol–water partition coefficient (Wildman–Crippen LogP) is 1.77. The van der Waals surface area contributed by atoms with E-state index in [0.29, 0.717) is 16.6 Å². The van der Waals surface area contributed by atoms with Gasteiger partial charge >= 0.3 is 0 Å². The highest BCUT2D eigenvalue weighted by molar-refractivity contribution is 7.91. The molecule has 0 unspecified atom stereocenters. The maximum atomic E-state index is 12.3. The van der Waals surface area contributed by atoms with Gasteiger partial charge < -0.3 is 5.32 Å². The quantitative estimate of drug-likeness (QED) is 0.893. The number of nitrogens with one attached hydrogen (secondary N) is 1. The first kappa shape index (κ1) is 12.6. The van der Waals surface area contributed by atoms with Gasteiger partial charge in [0.25, 0.3) is 0 Å². The van der Waals surface area contributed by atoms with Crippen LogP contribution in [-0.2, 0) is 9.84 Å². The van der Waals surface area contributed by atoms with Gasteiger partial charge in [-0.3, -0.25) is 0 Å². The molecule has 1 fully saturated rings. The van der Waals surface area contributed by atoms with Gasteiger partial charge in [-0.25, -0.2) is 8.42 Å². The van der Waals surface area contributed by atoms with Gasteiger partial charge in [-0.15, -0.1) is 0 Å². The third-order valence-electron chi connectivity index (χ3n) is 3.34. The summed E-state index contributed by atoms with van der Waals surface area (Å²) in [5.41, 5.74) is 0.849. The van der Waals surface area contributed by atoms with Gasteiger partial charge in [-0.05, 0) is 50.4 Å². The highest BCUT2D eigenvalue weighted by Crippen LogP contribution is 2.21. The number of hydrogen-bond acceptors (Lipinski definition) is 3. The van der Waals surface area contributed by atoms with E-state index in [2.05, 4.69) is 5.32 Å². The molecule has 1 aromatic rings. The lowest BCUT2D eigenvalue weighted by Crippen LogP contribution is -2.31. The smallest absolute Gasteiger partial charge is 0.178 e. The molecule has 0 bridgehead atoms. The van der Waals surface area contributed by atoms with Crippen molar-refractivity contribution in [2.75, 3.05) is 18.8 Å². The molecule has 2 rings (SSSR count). The Morgan fingerprint density at radius 3 is 2.53 bits per heavy atom. The number of hydrogen-bond donors (Lipinski definition) is 1. The second-order valence-electron chi connectivity index (χ2n) is 4.74. The summed E-state index contributed by atoms with van der Waals surface area (Å²) in [6.07, 6.45) is 1.93. The van der Waals surface area contributed by atoms with E-state index in [-0.39, 0.29) is 0 Å². The second-order valence-corrected chi connectivity index (χ2v) is 6.74. The molecule has 17 heavy (non-hydrogen) atoms. The number of rotatable bonds is 3. The van der Waals surface area contributed by atoms with E-state index >= 15 is 0 Å². The Morgan fingerprint density at radius 2 is 1.88 bits per heavy atom. The van der Waals surface area contributed by atoms with Gasteiger partial charge in [0.05, 0.1) is 10.6 Å². The predicted molar refractivity (Wildman–Crippen MR) is 68.8 cm³/mol. The molecule has 0 aromatic heterocycles. The minimum absolute atomic E-state index is 0.291. The van der Waals surface area contributed by atoms with Gasteiger partial charge in [0.2, 0.25) is 0 Å². The Kier molecular flexibility index (Phi) is 3.84. The Morgan fingerprint density at radius 1 is 1.24 bits per heavy atom. The van der Waals surface area contributed by atoms with Crippen LogP contribution in [0.2, 0.25) is 0 Å². The van der Waals surface area contributed by atoms with Crippen molar-refractivity contribution in [1.29, 1.82) is 0 Å². The van der Waals surface area contributed by atoms with Crippen molar-refractivity contribution in [1.82, 2.24) is 5.32 Å². The molecule has 0 aliphatic carbocycles. The standard InChI is InChI=1S/C13H19NO2S/c1-11-4-2-3-5-13(11)17(15,16)10-12-6-8-14-9-7-12/h2-5,12,14H,6-10H2,1H3. The largest absolute Gasteiger partial charge is 0.317 e. The summed E-state index contributed by atoms with van der Waals surface area (Å²) in [6, 6.07) is 7.24. The molecule has 1 aromatic carbocycles. The molecule has 0 atom stereocenters. The first-order chi connectivity index (χ1) is 8.09. The SMILES string of the molecule is Cc1ccccc1S(=O)(=O)CC1CCNCC1. The topological polar surface area (TPSA) is 46.2 Å². The van der Waals surface area contributed by atoms with E-state index in [1.165, 1.54) is 0 Å². The van der Waals surface area contributed by atoms with Crippen LogP contribution in [-0.4, -0.2) is 27.3 Å². The summed E-state index contributed by atoms with van der Waals surface area (Å²) in [5, 5.41) is 3.26. The van der Waals surface area contributed by atoms with Crippen molar-refractivity contribution in [3.8, 4) is 0 Å². The zero-order valence-electron chi connectivity index (χ0n) is 10.1. The summed E-state index contributed by atoms with van der Waals surface area (Å²) < 4.78 is 24.6. The summed E-state index contributed by atoms with van der Waals surface area (Å²) in [5.74, 6) is 0.598. The highest BCUT2D eigenvalue weighted by atomic mass is 32.2. The Balaban J connectivity index is 2.16. The number of aryl methyl sites for hydroxylation is 1. The van der Waals surface area contributed by atoms with Crippen LogP contribution in [0.25, 0.3) is 0 Å². The van der Waals surface area contributed by atoms with Crippen LogP contribution in [0.1, 0.15) is 18.4 Å². The van der Waals surface area contributed by atoms with Crippen LogP contribution >= 0.6 is 0 Å². The van der Waals surface area contributed by atoms with Crippen LogP contribution in [0, 0.1) is 12.8 Å². The fourth-order valence-electron chi connectivity index (χ4n) is 2.35. The Bertz CT molecular complexity index is 476. The molecule has 1 N–H and O–H groups in total. The minimum atomic E-state index is -3.12. The fraction of sp³-hybridized carbons (Fsp3) is 0.538. The molecule has 4 heteroatoms. The monoisotopic (exact) mass is 253 g/mol. The third kappa shape index (κ3) is 3.07. The van der Waals surface area contributed by atoms with Crippen molar-refractivity contribution in [2.45, 2.75) is 24.7 Å². The normalized spacial score (nSPS) is 18.2. The number of sulfone groups is 1. The second kappa shape index (κ2) is 5.19. The number of piperidine rings is 1. The Hall–Kier alpha value is -0.870. The van der Waals surface area contributed by atoms with E-state index in [1.807, 2.05) is 19.1 Å². The lowest BCUT2D eigenvalue weighted by Gasteiger charge is -2.22. The molecular formula is C13H19NO2S. The van der Waals surface area contributed by atoms with E-state index in [4.69, 9.17) is 0 Å². The maximum absolute atomic E-state index is 12.3. The molecule has 94 valence electrons. The van der Waals surface area contributed by atoms with Crippen molar-refractivity contribution in [3.05, 3.63) is 29.8 Å². The molecule has 0 amide bonds. The zero-order valence-corrected chi connectivity index (χ0v) is 11.0. The lowest BCUT2D eigenvalue weighted by atomic mass is 10.0. The summed E-state index contributed by atoms with van der Waals surface area (Å²) >= 11 is 0. The van der Waals surface area contributed by atoms with E-state index < -0.39 is 9.84 Å². The van der Waals surface area contributed by atoms with Crippen LogP contribution in [0.15, 0.2) is 29.2 Å². The lowest BCUT2D eigenvalue weighted by molar-refractivity contribution is 0.401. The molecule has 1 aliphatic heterocycles. The molecule has 0 radical (unpaired) electrons. The zero-order chi connectivity index (χ0) is 12.3. The van der Waals surface area contributed by atoms with Crippen LogP contribution in [0.3, 0.4) is 0 Å². The van der Waals surface area contributed by atoms with E-state index in [0.717, 1.165) is 31.5 Å². The number of benzene rings is 1. The van der Waals surface area contributed by atoms with Gasteiger partial charge in [-0.1, -0.05) is 18.2 Å². The maximum Gasteiger partial charge on any atom is 0.178 e. The summed E-state index contributed by atoms with van der Waals surface area (Å²) in [6.45, 7) is 3.73. The first-order valence-corrected chi connectivity index (χ1v) is 7.74. The van der Waals surface area contributed by atoms with Crippen LogP contribution in [0.5, 0.6) is 0 Å². The molecule has 1 saturated heterocycles. The highest BCUT2D eigenvalue weighted by Gasteiger charge is 2.23. The molecular weight excluding hydrogens is 234 g/mol. The van der Waals surface area contributed by atoms with Crippen LogP contribution in [0.4, 0.5) is 0 Å². The molecule has 1 heterocycles. The van der Waals surface area contributed by atoms with E-state index in [9.17, 15) is 8.42 Å². The molecule has 0 saturated carbocycles. The van der Waals surface area contributed by atoms with Gasteiger partial charge in [0.1, 0.15) is 0 Å². The van der Waals surface area contributed by atoms with Crippen LogP contribution < -0.4 is 5.32 Å². The average molecular weight is 253 g/mol. The van der Waals surface area contributed by atoms with Gasteiger partial charge in [-0.2, -0.15) is 0 Å². The van der Waals surface area contributed by atoms with Gasteiger partial charge in [0.15, 0.2) is 9.84 Å². The minimum Gasteiger partial charge on any atom is -0.317 e. The van der Waals surface area contributed by atoms with E-state index in [1.54, 1.807) is 12.1 Å². The van der Waals surface area contributed by atoms with Crippen molar-refractivity contribution in [2.24, 2.45) is 5.92 Å². The molecule has 1 aliphatic rings. The molecule has 0 spiro atoms. The first-order valence-electron chi connectivity index (χ1n) is 6.09. The third-order valence-corrected chi connectivity index (χ3v) is 5.38. The average Bonchev–Trinajstić information content (AvgIpc) is 2.30. The fourth-order valence-corrected chi connectivity index (χ4v) is 4.33. The summed E-state index contributed by atoms with van der Waals surface area (Å²) in [7, 11) is -3.12. The van der Waals surface area contributed by atoms with Crippen molar-refractivity contribution in [3.63, 3.8) is 0 Å². The van der Waals surface area contributed by atoms with Crippen molar-refractivity contribution >= 4 is 9.84 Å². The molecule has 3 nitrogen and oxygen atoms in total. The van der Waals surface area contributed by atoms with Crippen molar-refractivity contribution < 1.29 is 8.42 Å². The summed E-state index contributed by atoms with van der Waals surface area (Å²) in [4.78, 5) is 0.499.